The van der Waals surface area contributed by atoms with Crippen LogP contribution in [0.4, 0.5) is 4.39 Å². The molecule has 8 heteroatoms. The summed E-state index contributed by atoms with van der Waals surface area (Å²) in [6.45, 7) is -0.225. The van der Waals surface area contributed by atoms with Crippen LogP contribution in [0.5, 0.6) is 0 Å². The van der Waals surface area contributed by atoms with E-state index in [1.807, 2.05) is 30.3 Å². The summed E-state index contributed by atoms with van der Waals surface area (Å²) in [6, 6.07) is 21.6. The van der Waals surface area contributed by atoms with Crippen molar-refractivity contribution in [2.45, 2.75) is 23.8 Å². The normalized spacial score (nSPS) is 21.8. The number of hydrogen-bond donors (Lipinski definition) is 1. The summed E-state index contributed by atoms with van der Waals surface area (Å²) in [5, 5.41) is 10.0. The number of rotatable bonds is 5. The maximum Gasteiger partial charge on any atom is 0.238 e. The topological polar surface area (TPSA) is 77.9 Å². The highest BCUT2D eigenvalue weighted by molar-refractivity contribution is 7.88. The Hall–Kier alpha value is -3.51. The van der Waals surface area contributed by atoms with Gasteiger partial charge in [0.2, 0.25) is 15.9 Å². The lowest BCUT2D eigenvalue weighted by Crippen LogP contribution is -2.73. The molecule has 3 aromatic rings. The number of benzene rings is 3. The molecule has 184 valence electrons. The Balaban J connectivity index is 1.34. The maximum absolute atomic E-state index is 13.1. The second-order valence-corrected chi connectivity index (χ2v) is 11.0. The first kappa shape index (κ1) is 24.2. The van der Waals surface area contributed by atoms with E-state index in [-0.39, 0.29) is 49.1 Å². The van der Waals surface area contributed by atoms with E-state index in [0.717, 1.165) is 11.1 Å². The van der Waals surface area contributed by atoms with Crippen molar-refractivity contribution in [2.24, 2.45) is 0 Å². The van der Waals surface area contributed by atoms with E-state index < -0.39 is 16.1 Å². The van der Waals surface area contributed by atoms with Gasteiger partial charge >= 0.3 is 0 Å². The number of aliphatic hydroxyl groups excluding tert-OH is 1. The molecule has 1 amide bonds. The number of sulfonamides is 1. The minimum absolute atomic E-state index is 0.163. The van der Waals surface area contributed by atoms with Crippen LogP contribution in [0.15, 0.2) is 78.9 Å². The Morgan fingerprint density at radius 2 is 1.53 bits per heavy atom. The molecular weight excluding hydrogens is 479 g/mol. The van der Waals surface area contributed by atoms with Gasteiger partial charge in [-0.25, -0.2) is 12.8 Å². The molecule has 36 heavy (non-hydrogen) atoms. The number of halogens is 1. The molecule has 3 atom stereocenters. The van der Waals surface area contributed by atoms with Crippen LogP contribution in [0.25, 0.3) is 0 Å². The molecule has 2 saturated heterocycles. The second-order valence-electron chi connectivity index (χ2n) is 9.06. The molecule has 2 heterocycles. The Kier molecular flexibility index (Phi) is 6.63. The fourth-order valence-electron chi connectivity index (χ4n) is 5.02. The van der Waals surface area contributed by atoms with E-state index >= 15 is 0 Å². The van der Waals surface area contributed by atoms with E-state index in [2.05, 4.69) is 11.8 Å². The number of aliphatic hydroxyl groups is 1. The summed E-state index contributed by atoms with van der Waals surface area (Å²) in [5.41, 5.74) is 3.06. The lowest BCUT2D eigenvalue weighted by molar-refractivity contribution is -0.158. The van der Waals surface area contributed by atoms with Crippen molar-refractivity contribution in [3.63, 3.8) is 0 Å². The zero-order valence-electron chi connectivity index (χ0n) is 19.4. The zero-order chi connectivity index (χ0) is 25.3. The zero-order valence-corrected chi connectivity index (χ0v) is 20.2. The number of fused-ring (bicyclic) bond motifs is 1. The third kappa shape index (κ3) is 4.78. The van der Waals surface area contributed by atoms with Crippen molar-refractivity contribution in [3.05, 3.63) is 107 Å². The number of carbonyl (C=O) groups is 1. The van der Waals surface area contributed by atoms with Crippen LogP contribution in [0.2, 0.25) is 0 Å². The van der Waals surface area contributed by atoms with Crippen molar-refractivity contribution >= 4 is 15.9 Å². The van der Waals surface area contributed by atoms with Gasteiger partial charge in [0.15, 0.2) is 0 Å². The first-order valence-electron chi connectivity index (χ1n) is 11.7. The molecule has 5 rings (SSSR count). The molecule has 0 bridgehead atoms. The SMILES string of the molecule is O=C1CN(S(=O)(=O)Cc2ccccc2)C[C@@H]2[C@@H](c3ccc(C#Cc4ccc(F)cc4)cc3)[C@H](CO)N12. The molecule has 6 nitrogen and oxygen atoms in total. The molecule has 0 spiro atoms. The van der Waals surface area contributed by atoms with Gasteiger partial charge in [-0.1, -0.05) is 54.3 Å². The maximum atomic E-state index is 13.1. The first-order chi connectivity index (χ1) is 17.4. The molecule has 0 radical (unpaired) electrons. The highest BCUT2D eigenvalue weighted by atomic mass is 32.2. The largest absolute Gasteiger partial charge is 0.394 e. The number of amides is 1. The van der Waals surface area contributed by atoms with Gasteiger partial charge in [0.1, 0.15) is 5.82 Å². The smallest absolute Gasteiger partial charge is 0.238 e. The van der Waals surface area contributed by atoms with E-state index in [9.17, 15) is 22.7 Å². The summed E-state index contributed by atoms with van der Waals surface area (Å²) < 4.78 is 40.5. The molecule has 2 aliphatic heterocycles. The van der Waals surface area contributed by atoms with Crippen LogP contribution in [-0.2, 0) is 20.6 Å². The van der Waals surface area contributed by atoms with Gasteiger partial charge in [0.25, 0.3) is 0 Å². The van der Waals surface area contributed by atoms with Crippen molar-refractivity contribution < 1.29 is 22.7 Å². The predicted octanol–water partition coefficient (Wildman–Crippen LogP) is 2.73. The third-order valence-electron chi connectivity index (χ3n) is 6.80. The Bertz CT molecular complexity index is 1410. The minimum Gasteiger partial charge on any atom is -0.394 e. The monoisotopic (exact) mass is 504 g/mol. The molecule has 2 fully saturated rings. The first-order valence-corrected chi connectivity index (χ1v) is 13.3. The Labute approximate surface area is 210 Å². The third-order valence-corrected chi connectivity index (χ3v) is 8.56. The van der Waals surface area contributed by atoms with Crippen LogP contribution in [0.1, 0.15) is 28.2 Å². The Morgan fingerprint density at radius 1 is 0.917 bits per heavy atom. The molecule has 0 aromatic heterocycles. The average Bonchev–Trinajstić information content (AvgIpc) is 2.86. The lowest BCUT2D eigenvalue weighted by atomic mass is 9.74. The summed E-state index contributed by atoms with van der Waals surface area (Å²) in [4.78, 5) is 14.5. The minimum atomic E-state index is -3.68. The van der Waals surface area contributed by atoms with Crippen molar-refractivity contribution in [1.29, 1.82) is 0 Å². The van der Waals surface area contributed by atoms with Gasteiger partial charge < -0.3 is 10.0 Å². The average molecular weight is 505 g/mol. The van der Waals surface area contributed by atoms with E-state index in [0.29, 0.717) is 11.1 Å². The van der Waals surface area contributed by atoms with Gasteiger partial charge in [0, 0.05) is 23.6 Å². The standard InChI is InChI=1S/C28H25FN2O4S/c29-24-14-10-21(11-15-24)7-6-20-8-12-23(13-9-20)28-25-16-30(17-27(33)31(25)26(28)18-32)36(34,35)19-22-4-2-1-3-5-22/h1-5,8-15,25-26,28,32H,16-19H2/t25-,26+,28-/m1/s1. The quantitative estimate of drug-likeness (QED) is 0.542. The van der Waals surface area contributed by atoms with Crippen molar-refractivity contribution in [2.75, 3.05) is 19.7 Å². The van der Waals surface area contributed by atoms with E-state index in [1.165, 1.54) is 16.4 Å². The van der Waals surface area contributed by atoms with Crippen LogP contribution in [0.3, 0.4) is 0 Å². The predicted molar refractivity (Wildman–Crippen MR) is 134 cm³/mol. The molecule has 0 saturated carbocycles. The summed E-state index contributed by atoms with van der Waals surface area (Å²) in [5.74, 6) is 5.09. The van der Waals surface area contributed by atoms with Crippen molar-refractivity contribution in [3.8, 4) is 11.8 Å². The van der Waals surface area contributed by atoms with Gasteiger partial charge in [-0.2, -0.15) is 4.31 Å². The van der Waals surface area contributed by atoms with Crippen LogP contribution >= 0.6 is 0 Å². The molecular formula is C28H25FN2O4S. The number of carbonyl (C=O) groups excluding carboxylic acids is 1. The van der Waals surface area contributed by atoms with E-state index in [4.69, 9.17) is 0 Å². The van der Waals surface area contributed by atoms with Gasteiger partial charge in [-0.05, 0) is 47.5 Å². The van der Waals surface area contributed by atoms with Crippen LogP contribution < -0.4 is 0 Å². The molecule has 2 aliphatic rings. The lowest BCUT2D eigenvalue weighted by Gasteiger charge is -2.58. The van der Waals surface area contributed by atoms with Gasteiger partial charge in [-0.15, -0.1) is 0 Å². The van der Waals surface area contributed by atoms with E-state index in [1.54, 1.807) is 41.3 Å². The van der Waals surface area contributed by atoms with Crippen molar-refractivity contribution in [1.82, 2.24) is 9.21 Å². The highest BCUT2D eigenvalue weighted by Crippen LogP contribution is 2.43. The van der Waals surface area contributed by atoms with Gasteiger partial charge in [-0.3, -0.25) is 4.79 Å². The molecule has 0 aliphatic carbocycles. The van der Waals surface area contributed by atoms with Crippen LogP contribution in [-0.4, -0.2) is 60.4 Å². The summed E-state index contributed by atoms with van der Waals surface area (Å²) in [6.07, 6.45) is 0. The fraction of sp³-hybridized carbons (Fsp3) is 0.250. The highest BCUT2D eigenvalue weighted by Gasteiger charge is 2.55. The summed E-state index contributed by atoms with van der Waals surface area (Å²) in [7, 11) is -3.68. The second kappa shape index (κ2) is 9.86. The molecule has 3 aromatic carbocycles. The fourth-order valence-corrected chi connectivity index (χ4v) is 6.51. The molecule has 0 unspecified atom stereocenters. The number of hydrogen-bond acceptors (Lipinski definition) is 4. The van der Waals surface area contributed by atoms with Crippen LogP contribution in [0, 0.1) is 17.7 Å². The van der Waals surface area contributed by atoms with Gasteiger partial charge in [0.05, 0.1) is 31.0 Å². The molecule has 1 N–H and O–H groups in total. The Morgan fingerprint density at radius 3 is 2.14 bits per heavy atom. The summed E-state index contributed by atoms with van der Waals surface area (Å²) >= 11 is 0. The number of piperazine rings is 1. The number of nitrogens with zero attached hydrogens (tertiary/aromatic N) is 2.